The second-order valence-corrected chi connectivity index (χ2v) is 4.59. The lowest BCUT2D eigenvalue weighted by Gasteiger charge is -2.32. The Morgan fingerprint density at radius 1 is 1.25 bits per heavy atom. The average molecular weight is 286 g/mol. The minimum absolute atomic E-state index is 0.418. The van der Waals surface area contributed by atoms with E-state index in [0.29, 0.717) is 5.56 Å². The van der Waals surface area contributed by atoms with Crippen LogP contribution in [0.3, 0.4) is 0 Å². The fourth-order valence-electron chi connectivity index (χ4n) is 1.68. The van der Waals surface area contributed by atoms with Gasteiger partial charge < -0.3 is 5.73 Å². The Labute approximate surface area is 101 Å². The third kappa shape index (κ3) is 1.72. The molecular weight excluding hydrogens is 276 g/mol. The summed E-state index contributed by atoms with van der Waals surface area (Å²) >= 11 is 3.26. The van der Waals surface area contributed by atoms with E-state index in [0.717, 1.165) is 4.47 Å². The topological polar surface area (TPSA) is 26.0 Å². The van der Waals surface area contributed by atoms with Gasteiger partial charge in [-0.05, 0) is 29.8 Å². The van der Waals surface area contributed by atoms with Gasteiger partial charge in [-0.2, -0.15) is 0 Å². The summed E-state index contributed by atoms with van der Waals surface area (Å²) in [5.41, 5.74) is 4.55. The van der Waals surface area contributed by atoms with Crippen molar-refractivity contribution >= 4 is 15.9 Å². The molecule has 1 aromatic rings. The summed E-state index contributed by atoms with van der Waals surface area (Å²) in [6.07, 6.45) is 2.23. The molecule has 2 atom stereocenters. The number of benzene rings is 1. The van der Waals surface area contributed by atoms with E-state index in [1.165, 1.54) is 18.2 Å². The van der Waals surface area contributed by atoms with E-state index >= 15 is 0 Å². The van der Waals surface area contributed by atoms with Gasteiger partial charge in [0, 0.05) is 4.47 Å². The molecule has 0 bridgehead atoms. The van der Waals surface area contributed by atoms with Crippen LogP contribution >= 0.6 is 15.9 Å². The van der Waals surface area contributed by atoms with Gasteiger partial charge in [0.25, 0.3) is 0 Å². The van der Waals surface area contributed by atoms with Gasteiger partial charge in [0.2, 0.25) is 0 Å². The molecule has 1 aromatic carbocycles. The minimum Gasteiger partial charge on any atom is -0.313 e. The first kappa shape index (κ1) is 11.5. The van der Waals surface area contributed by atoms with Crippen molar-refractivity contribution in [3.63, 3.8) is 0 Å². The standard InChI is InChI=1S/C12H10BrF2N/c13-9-6-4-8(5-7-9)12(16)10(14)2-1-3-11(12)15/h1-7,10H,16H2. The van der Waals surface area contributed by atoms with Crippen molar-refractivity contribution in [3.8, 4) is 0 Å². The monoisotopic (exact) mass is 285 g/mol. The van der Waals surface area contributed by atoms with E-state index in [4.69, 9.17) is 5.73 Å². The Morgan fingerprint density at radius 2 is 1.88 bits per heavy atom. The number of nitrogens with two attached hydrogens (primary N) is 1. The summed E-state index contributed by atoms with van der Waals surface area (Å²) in [6, 6.07) is 6.65. The quantitative estimate of drug-likeness (QED) is 0.841. The predicted octanol–water partition coefficient (Wildman–Crippen LogP) is 3.36. The van der Waals surface area contributed by atoms with Crippen LogP contribution in [0.15, 0.2) is 52.8 Å². The molecule has 2 N–H and O–H groups in total. The molecule has 1 aliphatic carbocycles. The van der Waals surface area contributed by atoms with Crippen molar-refractivity contribution < 1.29 is 8.78 Å². The van der Waals surface area contributed by atoms with E-state index in [9.17, 15) is 8.78 Å². The lowest BCUT2D eigenvalue weighted by molar-refractivity contribution is 0.235. The smallest absolute Gasteiger partial charge is 0.147 e. The van der Waals surface area contributed by atoms with Crippen molar-refractivity contribution in [2.75, 3.05) is 0 Å². The molecule has 2 unspecified atom stereocenters. The summed E-state index contributed by atoms with van der Waals surface area (Å²) in [4.78, 5) is 0. The average Bonchev–Trinajstić information content (AvgIpc) is 2.27. The minimum atomic E-state index is -1.70. The molecule has 0 aliphatic heterocycles. The summed E-state index contributed by atoms with van der Waals surface area (Å²) in [6.45, 7) is 0. The zero-order chi connectivity index (χ0) is 11.8. The van der Waals surface area contributed by atoms with E-state index in [2.05, 4.69) is 15.9 Å². The van der Waals surface area contributed by atoms with Gasteiger partial charge >= 0.3 is 0 Å². The molecule has 84 valence electrons. The van der Waals surface area contributed by atoms with Gasteiger partial charge in [-0.15, -0.1) is 0 Å². The first-order valence-electron chi connectivity index (χ1n) is 4.78. The van der Waals surface area contributed by atoms with Gasteiger partial charge in [-0.1, -0.05) is 34.1 Å². The highest BCUT2D eigenvalue weighted by atomic mass is 79.9. The van der Waals surface area contributed by atoms with Crippen LogP contribution in [0.1, 0.15) is 5.56 Å². The fraction of sp³-hybridized carbons (Fsp3) is 0.167. The Kier molecular flexibility index (Phi) is 2.95. The van der Waals surface area contributed by atoms with Crippen LogP contribution < -0.4 is 5.73 Å². The highest BCUT2D eigenvalue weighted by Crippen LogP contribution is 2.36. The fourth-order valence-corrected chi connectivity index (χ4v) is 1.95. The maximum absolute atomic E-state index is 13.8. The second kappa shape index (κ2) is 4.11. The lowest BCUT2D eigenvalue weighted by atomic mass is 9.82. The van der Waals surface area contributed by atoms with E-state index < -0.39 is 17.5 Å². The molecule has 1 aliphatic rings. The number of halogens is 3. The molecule has 0 aromatic heterocycles. The predicted molar refractivity (Wildman–Crippen MR) is 63.2 cm³/mol. The number of hydrogen-bond donors (Lipinski definition) is 1. The van der Waals surface area contributed by atoms with Crippen LogP contribution in [0.5, 0.6) is 0 Å². The van der Waals surface area contributed by atoms with Crippen molar-refractivity contribution in [2.24, 2.45) is 5.73 Å². The molecule has 0 radical (unpaired) electrons. The van der Waals surface area contributed by atoms with E-state index in [1.807, 2.05) is 0 Å². The van der Waals surface area contributed by atoms with Crippen molar-refractivity contribution in [3.05, 3.63) is 58.4 Å². The normalized spacial score (nSPS) is 29.0. The maximum Gasteiger partial charge on any atom is 0.147 e. The molecule has 0 spiro atoms. The number of hydrogen-bond acceptors (Lipinski definition) is 1. The molecule has 1 nitrogen and oxygen atoms in total. The van der Waals surface area contributed by atoms with Gasteiger partial charge in [0.15, 0.2) is 0 Å². The van der Waals surface area contributed by atoms with Crippen LogP contribution in [0.25, 0.3) is 0 Å². The Bertz CT molecular complexity index is 453. The van der Waals surface area contributed by atoms with Crippen LogP contribution in [0, 0.1) is 0 Å². The van der Waals surface area contributed by atoms with Crippen LogP contribution in [0.2, 0.25) is 0 Å². The Hall–Kier alpha value is -1.00. The first-order chi connectivity index (χ1) is 7.55. The van der Waals surface area contributed by atoms with Gasteiger partial charge in [-0.25, -0.2) is 8.78 Å². The molecule has 2 rings (SSSR count). The van der Waals surface area contributed by atoms with Gasteiger partial charge in [0.05, 0.1) is 0 Å². The molecule has 0 heterocycles. The molecular formula is C12H10BrF2N. The summed E-state index contributed by atoms with van der Waals surface area (Å²) in [7, 11) is 0. The van der Waals surface area contributed by atoms with Crippen LogP contribution in [-0.2, 0) is 5.54 Å². The first-order valence-corrected chi connectivity index (χ1v) is 5.58. The number of rotatable bonds is 1. The molecule has 4 heteroatoms. The van der Waals surface area contributed by atoms with Crippen molar-refractivity contribution in [1.29, 1.82) is 0 Å². The summed E-state index contributed by atoms with van der Waals surface area (Å²) < 4.78 is 28.3. The zero-order valence-corrected chi connectivity index (χ0v) is 9.92. The summed E-state index contributed by atoms with van der Waals surface area (Å²) in [5.74, 6) is -0.662. The largest absolute Gasteiger partial charge is 0.313 e. The van der Waals surface area contributed by atoms with Gasteiger partial charge in [-0.3, -0.25) is 0 Å². The lowest BCUT2D eigenvalue weighted by Crippen LogP contribution is -2.46. The third-order valence-electron chi connectivity index (χ3n) is 2.67. The number of allylic oxidation sites excluding steroid dienone is 2. The molecule has 0 fully saturated rings. The van der Waals surface area contributed by atoms with Crippen LogP contribution in [-0.4, -0.2) is 6.17 Å². The number of alkyl halides is 1. The molecule has 16 heavy (non-hydrogen) atoms. The van der Waals surface area contributed by atoms with Crippen molar-refractivity contribution in [1.82, 2.24) is 0 Å². The van der Waals surface area contributed by atoms with Crippen LogP contribution in [0.4, 0.5) is 8.78 Å². The maximum atomic E-state index is 13.8. The molecule has 0 saturated heterocycles. The third-order valence-corrected chi connectivity index (χ3v) is 3.20. The Balaban J connectivity index is 2.49. The zero-order valence-electron chi connectivity index (χ0n) is 8.33. The van der Waals surface area contributed by atoms with E-state index in [-0.39, 0.29) is 0 Å². The van der Waals surface area contributed by atoms with E-state index in [1.54, 1.807) is 24.3 Å². The molecule has 0 saturated carbocycles. The highest BCUT2D eigenvalue weighted by Gasteiger charge is 2.41. The Morgan fingerprint density at radius 3 is 2.44 bits per heavy atom. The SMILES string of the molecule is NC1(c2ccc(Br)cc2)C(F)=CC=CC1F. The molecule has 0 amide bonds. The highest BCUT2D eigenvalue weighted by molar-refractivity contribution is 9.10. The van der Waals surface area contributed by atoms with Gasteiger partial charge in [0.1, 0.15) is 17.5 Å². The second-order valence-electron chi connectivity index (χ2n) is 3.68. The summed E-state index contributed by atoms with van der Waals surface area (Å²) in [5, 5.41) is 0. The van der Waals surface area contributed by atoms with Crippen molar-refractivity contribution in [2.45, 2.75) is 11.7 Å².